The number of thiophene rings is 1. The number of methoxy groups -OCH3 is 1. The number of hydrogen-bond donors (Lipinski definition) is 1. The number of carboxylic acid groups (broad SMARTS) is 1. The van der Waals surface area contributed by atoms with Crippen LogP contribution in [0.25, 0.3) is 0 Å². The Hall–Kier alpha value is -1.05. The predicted octanol–water partition coefficient (Wildman–Crippen LogP) is 1.64. The number of fused-ring (bicyclic) bond motifs is 1. The number of thioether (sulfide) groups is 1. The first kappa shape index (κ1) is 15.3. The van der Waals surface area contributed by atoms with Crippen LogP contribution >= 0.6 is 23.1 Å². The summed E-state index contributed by atoms with van der Waals surface area (Å²) in [6, 6.07) is 0.983. The maximum atomic E-state index is 12.2. The largest absolute Gasteiger partial charge is 0.479 e. The summed E-state index contributed by atoms with van der Waals surface area (Å²) in [5.74, 6) is -0.0423. The quantitative estimate of drug-likeness (QED) is 0.808. The van der Waals surface area contributed by atoms with Crippen molar-refractivity contribution in [2.24, 2.45) is 0 Å². The van der Waals surface area contributed by atoms with Gasteiger partial charge < -0.3 is 14.7 Å². The van der Waals surface area contributed by atoms with Crippen LogP contribution in [-0.2, 0) is 20.7 Å². The Balaban J connectivity index is 2.04. The van der Waals surface area contributed by atoms with Crippen LogP contribution in [0.1, 0.15) is 16.5 Å². The van der Waals surface area contributed by atoms with Gasteiger partial charge in [-0.1, -0.05) is 0 Å². The van der Waals surface area contributed by atoms with Crippen LogP contribution in [0.4, 0.5) is 0 Å². The van der Waals surface area contributed by atoms with Crippen LogP contribution in [0.2, 0.25) is 0 Å². The lowest BCUT2D eigenvalue weighted by Gasteiger charge is -2.33. The van der Waals surface area contributed by atoms with Crippen LogP contribution in [0.5, 0.6) is 0 Å². The van der Waals surface area contributed by atoms with E-state index < -0.39 is 12.0 Å². The first-order valence-electron chi connectivity index (χ1n) is 6.30. The molecule has 0 aromatic carbocycles. The zero-order chi connectivity index (χ0) is 14.5. The van der Waals surface area contributed by atoms with Crippen molar-refractivity contribution in [3.8, 4) is 0 Å². The maximum Gasteiger partial charge on any atom is 0.331 e. The molecule has 1 amide bonds. The lowest BCUT2D eigenvalue weighted by Crippen LogP contribution is -2.43. The first-order chi connectivity index (χ1) is 9.65. The third kappa shape index (κ3) is 3.34. The Kier molecular flexibility index (Phi) is 5.45. The van der Waals surface area contributed by atoms with Crippen molar-refractivity contribution in [1.29, 1.82) is 0 Å². The van der Waals surface area contributed by atoms with Crippen molar-refractivity contribution in [3.05, 3.63) is 21.9 Å². The van der Waals surface area contributed by atoms with Crippen LogP contribution < -0.4 is 0 Å². The Morgan fingerprint density at radius 1 is 1.60 bits per heavy atom. The molecule has 2 rings (SSSR count). The Morgan fingerprint density at radius 2 is 2.40 bits per heavy atom. The van der Waals surface area contributed by atoms with E-state index in [1.165, 1.54) is 16.7 Å². The summed E-state index contributed by atoms with van der Waals surface area (Å²) in [4.78, 5) is 26.3. The minimum absolute atomic E-state index is 0.115. The third-order valence-corrected chi connectivity index (χ3v) is 5.08. The highest BCUT2D eigenvalue weighted by atomic mass is 32.2. The average Bonchev–Trinajstić information content (AvgIpc) is 2.90. The topological polar surface area (TPSA) is 66.8 Å². The smallest absolute Gasteiger partial charge is 0.331 e. The number of amides is 1. The van der Waals surface area contributed by atoms with E-state index in [9.17, 15) is 14.7 Å². The molecular weight excluding hydrogens is 298 g/mol. The molecule has 1 N–H and O–H groups in total. The van der Waals surface area contributed by atoms with Crippen LogP contribution in [-0.4, -0.2) is 53.7 Å². The molecule has 1 aliphatic heterocycles. The van der Waals surface area contributed by atoms with Crippen molar-refractivity contribution in [2.45, 2.75) is 12.5 Å². The highest BCUT2D eigenvalue weighted by Gasteiger charge is 2.36. The van der Waals surface area contributed by atoms with E-state index in [0.29, 0.717) is 18.9 Å². The van der Waals surface area contributed by atoms with Crippen molar-refractivity contribution in [3.63, 3.8) is 0 Å². The van der Waals surface area contributed by atoms with Gasteiger partial charge in [-0.25, -0.2) is 4.79 Å². The van der Waals surface area contributed by atoms with Gasteiger partial charge in [0.15, 0.2) is 6.04 Å². The van der Waals surface area contributed by atoms with Gasteiger partial charge in [0.2, 0.25) is 5.91 Å². The summed E-state index contributed by atoms with van der Waals surface area (Å²) in [5, 5.41) is 11.3. The minimum Gasteiger partial charge on any atom is -0.479 e. The molecule has 0 aliphatic carbocycles. The molecular formula is C13H17NO4S2. The van der Waals surface area contributed by atoms with Gasteiger partial charge >= 0.3 is 5.97 Å². The number of carbonyl (C=O) groups is 2. The molecule has 0 radical (unpaired) electrons. The number of aliphatic carboxylic acids is 1. The lowest BCUT2D eigenvalue weighted by atomic mass is 10.00. The van der Waals surface area contributed by atoms with E-state index in [1.54, 1.807) is 18.4 Å². The second kappa shape index (κ2) is 7.10. The second-order valence-corrected chi connectivity index (χ2v) is 6.53. The van der Waals surface area contributed by atoms with Gasteiger partial charge in [-0.2, -0.15) is 0 Å². The first-order valence-corrected chi connectivity index (χ1v) is 8.33. The van der Waals surface area contributed by atoms with Gasteiger partial charge in [0.25, 0.3) is 0 Å². The van der Waals surface area contributed by atoms with E-state index in [1.807, 2.05) is 11.4 Å². The molecule has 0 saturated heterocycles. The molecule has 0 bridgehead atoms. The molecule has 1 atom stereocenters. The second-order valence-electron chi connectivity index (χ2n) is 4.42. The van der Waals surface area contributed by atoms with E-state index in [2.05, 4.69) is 0 Å². The average molecular weight is 315 g/mol. The summed E-state index contributed by atoms with van der Waals surface area (Å²) < 4.78 is 4.93. The van der Waals surface area contributed by atoms with Crippen LogP contribution in [0, 0.1) is 0 Å². The fourth-order valence-electron chi connectivity index (χ4n) is 2.24. The molecule has 5 nitrogen and oxygen atoms in total. The normalized spacial score (nSPS) is 17.9. The van der Waals surface area contributed by atoms with E-state index in [-0.39, 0.29) is 5.91 Å². The van der Waals surface area contributed by atoms with Crippen molar-refractivity contribution in [1.82, 2.24) is 4.90 Å². The number of carboxylic acids is 1. The fraction of sp³-hybridized carbons (Fsp3) is 0.538. The summed E-state index contributed by atoms with van der Waals surface area (Å²) in [6.07, 6.45) is 0.741. The molecule has 7 heteroatoms. The number of hydrogen-bond acceptors (Lipinski definition) is 5. The summed E-state index contributed by atoms with van der Waals surface area (Å²) in [5.41, 5.74) is 0.768. The van der Waals surface area contributed by atoms with Crippen molar-refractivity contribution >= 4 is 35.0 Å². The molecule has 0 spiro atoms. The number of ether oxygens (including phenoxy) is 1. The van der Waals surface area contributed by atoms with E-state index in [4.69, 9.17) is 4.74 Å². The lowest BCUT2D eigenvalue weighted by molar-refractivity contribution is -0.150. The summed E-state index contributed by atoms with van der Waals surface area (Å²) in [7, 11) is 1.62. The molecule has 20 heavy (non-hydrogen) atoms. The van der Waals surface area contributed by atoms with Crippen LogP contribution in [0.3, 0.4) is 0 Å². The van der Waals surface area contributed by atoms with E-state index >= 15 is 0 Å². The van der Waals surface area contributed by atoms with Gasteiger partial charge in [-0.3, -0.25) is 4.79 Å². The molecule has 1 aromatic rings. The standard InChI is InChI=1S/C13H17NO4S2/c1-18-5-7-19-8-11(15)14-4-2-10-9(3-6-20-10)12(14)13(16)17/h3,6,12H,2,4-5,7-8H2,1H3,(H,16,17). The molecule has 2 heterocycles. The number of nitrogens with zero attached hydrogens (tertiary/aromatic N) is 1. The van der Waals surface area contributed by atoms with Crippen molar-refractivity contribution < 1.29 is 19.4 Å². The summed E-state index contributed by atoms with van der Waals surface area (Å²) in [6.45, 7) is 1.07. The minimum atomic E-state index is -0.959. The zero-order valence-corrected chi connectivity index (χ0v) is 12.8. The molecule has 1 aromatic heterocycles. The fourth-order valence-corrected chi connectivity index (χ4v) is 3.91. The number of carbonyl (C=O) groups excluding carboxylic acids is 1. The Morgan fingerprint density at radius 3 is 3.10 bits per heavy atom. The molecule has 110 valence electrons. The Bertz CT molecular complexity index is 488. The van der Waals surface area contributed by atoms with Gasteiger partial charge in [-0.15, -0.1) is 23.1 Å². The van der Waals surface area contributed by atoms with Gasteiger partial charge in [-0.05, 0) is 23.4 Å². The molecule has 0 fully saturated rings. The molecule has 0 saturated carbocycles. The van der Waals surface area contributed by atoms with Crippen molar-refractivity contribution in [2.75, 3.05) is 31.8 Å². The monoisotopic (exact) mass is 315 g/mol. The zero-order valence-electron chi connectivity index (χ0n) is 11.2. The van der Waals surface area contributed by atoms with Crippen LogP contribution in [0.15, 0.2) is 11.4 Å². The maximum absolute atomic E-state index is 12.2. The van der Waals surface area contributed by atoms with E-state index in [0.717, 1.165) is 22.6 Å². The van der Waals surface area contributed by atoms with Gasteiger partial charge in [0, 0.05) is 24.3 Å². The van der Waals surface area contributed by atoms with Gasteiger partial charge in [0.05, 0.1) is 12.4 Å². The molecule has 1 aliphatic rings. The predicted molar refractivity (Wildman–Crippen MR) is 79.3 cm³/mol. The summed E-state index contributed by atoms with van der Waals surface area (Å²) >= 11 is 3.03. The third-order valence-electron chi connectivity index (χ3n) is 3.18. The molecule has 1 unspecified atom stereocenters. The highest BCUT2D eigenvalue weighted by Crippen LogP contribution is 2.33. The highest BCUT2D eigenvalue weighted by molar-refractivity contribution is 7.99. The van der Waals surface area contributed by atoms with Gasteiger partial charge in [0.1, 0.15) is 0 Å². The Labute approximate surface area is 125 Å². The number of rotatable bonds is 6. The SMILES string of the molecule is COCCSCC(=O)N1CCc2sccc2C1C(=O)O.